The second-order valence-corrected chi connectivity index (χ2v) is 8.59. The van der Waals surface area contributed by atoms with Crippen LogP contribution in [0, 0.1) is 17.3 Å². The Labute approximate surface area is 157 Å². The molecule has 7 heteroatoms. The fourth-order valence-electron chi connectivity index (χ4n) is 4.03. The molecule has 0 N–H and O–H groups in total. The van der Waals surface area contributed by atoms with Crippen LogP contribution in [0.25, 0.3) is 0 Å². The quantitative estimate of drug-likeness (QED) is 0.407. The third-order valence-corrected chi connectivity index (χ3v) is 6.22. The van der Waals surface area contributed by atoms with E-state index in [0.29, 0.717) is 19.2 Å². The van der Waals surface area contributed by atoms with Crippen LogP contribution in [-0.4, -0.2) is 43.5 Å². The van der Waals surface area contributed by atoms with Gasteiger partial charge in [-0.15, -0.1) is 0 Å². The molecular weight excluding hydrogens is 335 g/mol. The first-order chi connectivity index (χ1) is 12.0. The third-order valence-electron chi connectivity index (χ3n) is 6.22. The molecule has 0 spiro atoms. The van der Waals surface area contributed by atoms with Gasteiger partial charge in [-0.05, 0) is 72.5 Å². The highest BCUT2D eigenvalue weighted by Crippen LogP contribution is 2.50. The van der Waals surface area contributed by atoms with E-state index in [1.807, 2.05) is 27.7 Å². The highest BCUT2D eigenvalue weighted by Gasteiger charge is 2.58. The van der Waals surface area contributed by atoms with Crippen molar-refractivity contribution in [2.45, 2.75) is 78.8 Å². The van der Waals surface area contributed by atoms with Crippen LogP contribution >= 0.6 is 0 Å². The topological polar surface area (TPSA) is 71.1 Å². The fraction of sp³-hybridized carbons (Fsp3) is 0.895. The summed E-state index contributed by atoms with van der Waals surface area (Å²) in [6.07, 6.45) is 1.50. The summed E-state index contributed by atoms with van der Waals surface area (Å²) in [5, 5.41) is 0. The standard InChI is InChI=1S/C19H33BO6/c1-8-23-15(21)19(16(22)24-9-2)10-13(3)14(11-19)12-20-25-17(4,5)18(6,7)26-20/h13-14H,8-12H2,1-7H3/t13-,14+/m0/s1. The molecule has 1 heterocycles. The molecule has 1 saturated carbocycles. The monoisotopic (exact) mass is 368 g/mol. The van der Waals surface area contributed by atoms with E-state index in [9.17, 15) is 9.59 Å². The number of carbonyl (C=O) groups excluding carboxylic acids is 2. The molecule has 0 unspecified atom stereocenters. The zero-order chi connectivity index (χ0) is 19.8. The number of rotatable bonds is 6. The summed E-state index contributed by atoms with van der Waals surface area (Å²) < 4.78 is 22.7. The second kappa shape index (κ2) is 7.51. The zero-order valence-electron chi connectivity index (χ0n) is 17.2. The normalized spacial score (nSPS) is 28.8. The average molecular weight is 368 g/mol. The second-order valence-electron chi connectivity index (χ2n) is 8.59. The van der Waals surface area contributed by atoms with E-state index in [1.165, 1.54) is 0 Å². The molecule has 0 bridgehead atoms. The van der Waals surface area contributed by atoms with Gasteiger partial charge in [-0.2, -0.15) is 0 Å². The van der Waals surface area contributed by atoms with Gasteiger partial charge >= 0.3 is 19.1 Å². The Balaban J connectivity index is 2.15. The molecule has 1 aliphatic heterocycles. The van der Waals surface area contributed by atoms with Crippen molar-refractivity contribution in [1.82, 2.24) is 0 Å². The first kappa shape index (κ1) is 21.2. The lowest BCUT2D eigenvalue weighted by molar-refractivity contribution is -0.172. The average Bonchev–Trinajstić information content (AvgIpc) is 2.94. The molecule has 148 valence electrons. The van der Waals surface area contributed by atoms with Crippen molar-refractivity contribution in [3.05, 3.63) is 0 Å². The predicted molar refractivity (Wildman–Crippen MR) is 98.5 cm³/mol. The number of esters is 2. The maximum absolute atomic E-state index is 12.6. The van der Waals surface area contributed by atoms with Crippen LogP contribution in [0.3, 0.4) is 0 Å². The summed E-state index contributed by atoms with van der Waals surface area (Å²) in [4.78, 5) is 25.3. The van der Waals surface area contributed by atoms with E-state index in [4.69, 9.17) is 18.8 Å². The molecule has 0 amide bonds. The zero-order valence-corrected chi connectivity index (χ0v) is 17.2. The Bertz CT molecular complexity index is 510. The van der Waals surface area contributed by atoms with Gasteiger partial charge in [0.15, 0.2) is 5.41 Å². The van der Waals surface area contributed by atoms with Gasteiger partial charge in [0.05, 0.1) is 24.4 Å². The molecule has 2 fully saturated rings. The number of hydrogen-bond acceptors (Lipinski definition) is 6. The highest BCUT2D eigenvalue weighted by atomic mass is 16.7. The number of hydrogen-bond donors (Lipinski definition) is 0. The summed E-state index contributed by atoms with van der Waals surface area (Å²) in [5.41, 5.74) is -1.99. The molecular formula is C19H33BO6. The molecule has 2 aliphatic rings. The lowest BCUT2D eigenvalue weighted by atomic mass is 9.73. The Morgan fingerprint density at radius 3 is 1.85 bits per heavy atom. The van der Waals surface area contributed by atoms with Gasteiger partial charge in [-0.3, -0.25) is 9.59 Å². The van der Waals surface area contributed by atoms with E-state index in [0.717, 1.165) is 0 Å². The van der Waals surface area contributed by atoms with Gasteiger partial charge in [0.25, 0.3) is 0 Å². The maximum Gasteiger partial charge on any atom is 0.458 e. The van der Waals surface area contributed by atoms with Gasteiger partial charge in [-0.1, -0.05) is 6.92 Å². The third kappa shape index (κ3) is 3.79. The molecule has 0 aromatic rings. The molecule has 1 saturated heterocycles. The SMILES string of the molecule is CCOC(=O)C1(C(=O)OCC)C[C@H](CB2OC(C)(C)C(C)(C)O2)[C@@H](C)C1. The van der Waals surface area contributed by atoms with Crippen molar-refractivity contribution in [2.75, 3.05) is 13.2 Å². The number of carbonyl (C=O) groups is 2. The molecule has 6 nitrogen and oxygen atoms in total. The van der Waals surface area contributed by atoms with E-state index in [1.54, 1.807) is 13.8 Å². The van der Waals surface area contributed by atoms with Gasteiger partial charge in [-0.25, -0.2) is 0 Å². The van der Waals surface area contributed by atoms with Crippen LogP contribution in [0.4, 0.5) is 0 Å². The Morgan fingerprint density at radius 1 is 0.962 bits per heavy atom. The molecule has 1 aliphatic carbocycles. The van der Waals surface area contributed by atoms with Gasteiger partial charge < -0.3 is 18.8 Å². The van der Waals surface area contributed by atoms with Crippen LogP contribution in [0.5, 0.6) is 0 Å². The summed E-state index contributed by atoms with van der Waals surface area (Å²) in [5.74, 6) is -0.648. The lowest BCUT2D eigenvalue weighted by Gasteiger charge is -2.32. The Morgan fingerprint density at radius 2 is 1.42 bits per heavy atom. The first-order valence-corrected chi connectivity index (χ1v) is 9.69. The van der Waals surface area contributed by atoms with E-state index >= 15 is 0 Å². The Kier molecular flexibility index (Phi) is 6.13. The van der Waals surface area contributed by atoms with E-state index < -0.39 is 28.6 Å². The first-order valence-electron chi connectivity index (χ1n) is 9.69. The minimum Gasteiger partial charge on any atom is -0.465 e. The van der Waals surface area contributed by atoms with Crippen molar-refractivity contribution in [2.24, 2.45) is 17.3 Å². The van der Waals surface area contributed by atoms with E-state index in [2.05, 4.69) is 6.92 Å². The maximum atomic E-state index is 12.6. The van der Waals surface area contributed by atoms with Crippen LogP contribution < -0.4 is 0 Å². The van der Waals surface area contributed by atoms with Crippen LogP contribution in [-0.2, 0) is 28.4 Å². The summed E-state index contributed by atoms with van der Waals surface area (Å²) >= 11 is 0. The molecule has 0 radical (unpaired) electrons. The lowest BCUT2D eigenvalue weighted by Crippen LogP contribution is -2.41. The molecule has 2 atom stereocenters. The molecule has 0 aromatic carbocycles. The van der Waals surface area contributed by atoms with Crippen LogP contribution in [0.15, 0.2) is 0 Å². The minimum atomic E-state index is -1.21. The molecule has 0 aromatic heterocycles. The van der Waals surface area contributed by atoms with Gasteiger partial charge in [0, 0.05) is 0 Å². The number of ether oxygens (including phenoxy) is 2. The summed E-state index contributed by atoms with van der Waals surface area (Å²) in [7, 11) is -0.340. The summed E-state index contributed by atoms with van der Waals surface area (Å²) in [6, 6.07) is 0. The minimum absolute atomic E-state index is 0.124. The largest absolute Gasteiger partial charge is 0.465 e. The van der Waals surface area contributed by atoms with Crippen LogP contribution in [0.2, 0.25) is 6.32 Å². The van der Waals surface area contributed by atoms with Crippen molar-refractivity contribution in [3.63, 3.8) is 0 Å². The Hall–Kier alpha value is -1.08. The van der Waals surface area contributed by atoms with Crippen molar-refractivity contribution in [3.8, 4) is 0 Å². The molecule has 2 rings (SSSR count). The smallest absolute Gasteiger partial charge is 0.458 e. The molecule has 26 heavy (non-hydrogen) atoms. The van der Waals surface area contributed by atoms with Gasteiger partial charge in [0.2, 0.25) is 0 Å². The predicted octanol–water partition coefficient (Wildman–Crippen LogP) is 3.24. The summed E-state index contributed by atoms with van der Waals surface area (Å²) in [6.45, 7) is 14.1. The van der Waals surface area contributed by atoms with Crippen LogP contribution in [0.1, 0.15) is 61.3 Å². The van der Waals surface area contributed by atoms with Crippen molar-refractivity contribution < 1.29 is 28.4 Å². The van der Waals surface area contributed by atoms with Crippen molar-refractivity contribution >= 4 is 19.1 Å². The van der Waals surface area contributed by atoms with Crippen molar-refractivity contribution in [1.29, 1.82) is 0 Å². The van der Waals surface area contributed by atoms with Gasteiger partial charge in [0.1, 0.15) is 0 Å². The highest BCUT2D eigenvalue weighted by molar-refractivity contribution is 6.45. The van der Waals surface area contributed by atoms with E-state index in [-0.39, 0.29) is 32.2 Å². The fourth-order valence-corrected chi connectivity index (χ4v) is 4.03.